The summed E-state index contributed by atoms with van der Waals surface area (Å²) < 4.78 is 0. The second kappa shape index (κ2) is 4.76. The van der Waals surface area contributed by atoms with Gasteiger partial charge in [-0.05, 0) is 55.8 Å². The summed E-state index contributed by atoms with van der Waals surface area (Å²) in [6.45, 7) is 7.63. The fraction of sp³-hybridized carbons (Fsp3) is 0.938. The van der Waals surface area contributed by atoms with E-state index in [4.69, 9.17) is 0 Å². The van der Waals surface area contributed by atoms with Gasteiger partial charge in [-0.15, -0.1) is 0 Å². The maximum atomic E-state index is 12.5. The van der Waals surface area contributed by atoms with Crippen LogP contribution in [0.15, 0.2) is 0 Å². The van der Waals surface area contributed by atoms with Gasteiger partial charge < -0.3 is 4.90 Å². The topological polar surface area (TPSA) is 32.3 Å². The van der Waals surface area contributed by atoms with Crippen LogP contribution in [0.1, 0.15) is 59.3 Å². The molecule has 1 saturated heterocycles. The van der Waals surface area contributed by atoms with E-state index in [0.717, 1.165) is 25.3 Å². The molecule has 3 nitrogen and oxygen atoms in total. The Hall–Kier alpha value is -0.570. The quantitative estimate of drug-likeness (QED) is 0.800. The monoisotopic (exact) mass is 264 g/mol. The summed E-state index contributed by atoms with van der Waals surface area (Å²) in [6, 6.07) is 0.0683. The summed E-state index contributed by atoms with van der Waals surface area (Å²) in [6.07, 6.45) is 7.81. The molecule has 0 aromatic heterocycles. The zero-order valence-electron chi connectivity index (χ0n) is 12.6. The average molecular weight is 264 g/mol. The molecular weight excluding hydrogens is 236 g/mol. The third-order valence-electron chi connectivity index (χ3n) is 5.27. The van der Waals surface area contributed by atoms with Crippen LogP contribution < -0.4 is 5.32 Å². The molecule has 0 radical (unpaired) electrons. The first-order chi connectivity index (χ1) is 9.05. The summed E-state index contributed by atoms with van der Waals surface area (Å²) in [5.41, 5.74) is 0.523. The number of amides is 1. The van der Waals surface area contributed by atoms with E-state index < -0.39 is 0 Å². The first-order valence-corrected chi connectivity index (χ1v) is 8.12. The predicted octanol–water partition coefficient (Wildman–Crippen LogP) is 2.76. The Labute approximate surface area is 117 Å². The molecule has 1 N–H and O–H groups in total. The standard InChI is InChI=1S/C16H28N2O/c1-4-13-15(19)18(14(17-13)9-11(2)3)10-16(7-8-16)12-5-6-12/h11-14,17H,4-10H2,1-3H3. The highest BCUT2D eigenvalue weighted by molar-refractivity contribution is 5.84. The second-order valence-corrected chi connectivity index (χ2v) is 7.38. The molecule has 0 aromatic rings. The Morgan fingerprint density at radius 1 is 1.37 bits per heavy atom. The van der Waals surface area contributed by atoms with Crippen molar-refractivity contribution in [2.75, 3.05) is 6.54 Å². The SMILES string of the molecule is CCC1NC(CC(C)C)N(CC2(C3CC3)CC2)C1=O. The average Bonchev–Trinajstić information content (AvgIpc) is 3.23. The summed E-state index contributed by atoms with van der Waals surface area (Å²) in [5.74, 6) is 1.93. The minimum absolute atomic E-state index is 0.0683. The zero-order chi connectivity index (χ0) is 13.6. The molecule has 3 fully saturated rings. The molecule has 0 bridgehead atoms. The van der Waals surface area contributed by atoms with Crippen LogP contribution in [-0.2, 0) is 4.79 Å². The third-order valence-corrected chi connectivity index (χ3v) is 5.27. The van der Waals surface area contributed by atoms with Gasteiger partial charge in [0.1, 0.15) is 0 Å². The van der Waals surface area contributed by atoms with Crippen LogP contribution in [0, 0.1) is 17.3 Å². The Morgan fingerprint density at radius 3 is 2.53 bits per heavy atom. The lowest BCUT2D eigenvalue weighted by molar-refractivity contribution is -0.131. The number of nitrogens with one attached hydrogen (secondary N) is 1. The number of rotatable bonds is 6. The van der Waals surface area contributed by atoms with E-state index in [9.17, 15) is 4.79 Å². The number of nitrogens with zero attached hydrogens (tertiary/aromatic N) is 1. The molecular formula is C16H28N2O. The van der Waals surface area contributed by atoms with E-state index in [1.807, 2.05) is 0 Å². The van der Waals surface area contributed by atoms with Gasteiger partial charge in [-0.3, -0.25) is 10.1 Å². The molecule has 2 atom stereocenters. The molecule has 1 aliphatic heterocycles. The molecule has 3 rings (SSSR count). The minimum atomic E-state index is 0.0683. The summed E-state index contributed by atoms with van der Waals surface area (Å²) >= 11 is 0. The maximum absolute atomic E-state index is 12.5. The first kappa shape index (κ1) is 13.4. The van der Waals surface area contributed by atoms with Crippen molar-refractivity contribution in [2.45, 2.75) is 71.5 Å². The van der Waals surface area contributed by atoms with E-state index >= 15 is 0 Å². The summed E-state index contributed by atoms with van der Waals surface area (Å²) in [4.78, 5) is 14.7. The van der Waals surface area contributed by atoms with Crippen molar-refractivity contribution in [1.82, 2.24) is 10.2 Å². The molecule has 2 aliphatic carbocycles. The van der Waals surface area contributed by atoms with E-state index in [1.54, 1.807) is 0 Å². The lowest BCUT2D eigenvalue weighted by Gasteiger charge is -2.29. The lowest BCUT2D eigenvalue weighted by atomic mass is 9.99. The van der Waals surface area contributed by atoms with E-state index in [-0.39, 0.29) is 12.2 Å². The largest absolute Gasteiger partial charge is 0.325 e. The van der Waals surface area contributed by atoms with E-state index in [0.29, 0.717) is 17.2 Å². The molecule has 108 valence electrons. The van der Waals surface area contributed by atoms with Crippen LogP contribution in [0.3, 0.4) is 0 Å². The zero-order valence-corrected chi connectivity index (χ0v) is 12.6. The highest BCUT2D eigenvalue weighted by Crippen LogP contribution is 2.61. The van der Waals surface area contributed by atoms with Gasteiger partial charge in [0.25, 0.3) is 0 Å². The number of carbonyl (C=O) groups is 1. The van der Waals surface area contributed by atoms with Crippen molar-refractivity contribution < 1.29 is 4.79 Å². The van der Waals surface area contributed by atoms with Crippen LogP contribution in [0.4, 0.5) is 0 Å². The van der Waals surface area contributed by atoms with Crippen LogP contribution in [-0.4, -0.2) is 29.6 Å². The molecule has 1 amide bonds. The van der Waals surface area contributed by atoms with Gasteiger partial charge in [0.05, 0.1) is 12.2 Å². The Morgan fingerprint density at radius 2 is 2.05 bits per heavy atom. The molecule has 19 heavy (non-hydrogen) atoms. The summed E-state index contributed by atoms with van der Waals surface area (Å²) in [7, 11) is 0. The van der Waals surface area contributed by atoms with Gasteiger partial charge in [0, 0.05) is 6.54 Å². The minimum Gasteiger partial charge on any atom is -0.325 e. The fourth-order valence-electron chi connectivity index (χ4n) is 3.76. The van der Waals surface area contributed by atoms with Crippen molar-refractivity contribution in [1.29, 1.82) is 0 Å². The highest BCUT2D eigenvalue weighted by Gasteiger charge is 2.56. The van der Waals surface area contributed by atoms with Crippen molar-refractivity contribution in [2.24, 2.45) is 17.3 Å². The molecule has 0 spiro atoms. The van der Waals surface area contributed by atoms with Gasteiger partial charge in [0.2, 0.25) is 5.91 Å². The van der Waals surface area contributed by atoms with Crippen molar-refractivity contribution in [3.8, 4) is 0 Å². The molecule has 1 heterocycles. The van der Waals surface area contributed by atoms with Crippen molar-refractivity contribution in [3.05, 3.63) is 0 Å². The van der Waals surface area contributed by atoms with Gasteiger partial charge in [-0.1, -0.05) is 20.8 Å². The molecule has 2 saturated carbocycles. The van der Waals surface area contributed by atoms with Crippen LogP contribution >= 0.6 is 0 Å². The predicted molar refractivity (Wildman–Crippen MR) is 76.6 cm³/mol. The molecule has 2 unspecified atom stereocenters. The number of carbonyl (C=O) groups excluding carboxylic acids is 1. The maximum Gasteiger partial charge on any atom is 0.241 e. The smallest absolute Gasteiger partial charge is 0.241 e. The van der Waals surface area contributed by atoms with Gasteiger partial charge in [-0.25, -0.2) is 0 Å². The van der Waals surface area contributed by atoms with Gasteiger partial charge >= 0.3 is 0 Å². The third kappa shape index (κ3) is 2.54. The lowest BCUT2D eigenvalue weighted by Crippen LogP contribution is -2.42. The van der Waals surface area contributed by atoms with Crippen LogP contribution in [0.5, 0.6) is 0 Å². The molecule has 0 aromatic carbocycles. The van der Waals surface area contributed by atoms with Crippen molar-refractivity contribution >= 4 is 5.91 Å². The molecule has 3 heteroatoms. The number of hydrogen-bond acceptors (Lipinski definition) is 2. The van der Waals surface area contributed by atoms with Crippen molar-refractivity contribution in [3.63, 3.8) is 0 Å². The Bertz CT molecular complexity index is 358. The fourth-order valence-corrected chi connectivity index (χ4v) is 3.76. The summed E-state index contributed by atoms with van der Waals surface area (Å²) in [5, 5.41) is 3.56. The normalized spacial score (nSPS) is 33.3. The van der Waals surface area contributed by atoms with E-state index in [2.05, 4.69) is 31.0 Å². The second-order valence-electron chi connectivity index (χ2n) is 7.38. The first-order valence-electron chi connectivity index (χ1n) is 8.12. The van der Waals surface area contributed by atoms with Gasteiger partial charge in [-0.2, -0.15) is 0 Å². The number of hydrogen-bond donors (Lipinski definition) is 1. The molecule has 3 aliphatic rings. The Balaban J connectivity index is 1.70. The van der Waals surface area contributed by atoms with Crippen LogP contribution in [0.2, 0.25) is 0 Å². The highest BCUT2D eigenvalue weighted by atomic mass is 16.2. The van der Waals surface area contributed by atoms with Gasteiger partial charge in [0.15, 0.2) is 0 Å². The van der Waals surface area contributed by atoms with Crippen LogP contribution in [0.25, 0.3) is 0 Å². The van der Waals surface area contributed by atoms with E-state index in [1.165, 1.54) is 25.7 Å². The Kier molecular flexibility index (Phi) is 3.36.